The predicted octanol–water partition coefficient (Wildman–Crippen LogP) is 5.16. The van der Waals surface area contributed by atoms with E-state index in [2.05, 4.69) is 5.32 Å². The molecular weight excluding hydrogens is 459 g/mol. The van der Waals surface area contributed by atoms with E-state index in [0.717, 1.165) is 17.0 Å². The molecule has 0 aliphatic carbocycles. The van der Waals surface area contributed by atoms with Crippen LogP contribution in [0.25, 0.3) is 0 Å². The maximum Gasteiger partial charge on any atom is 0.416 e. The zero-order valence-electron chi connectivity index (χ0n) is 20.1. The van der Waals surface area contributed by atoms with Crippen LogP contribution in [0.1, 0.15) is 49.8 Å². The molecule has 2 aromatic carbocycles. The Bertz CT molecular complexity index is 1120. The lowest BCUT2D eigenvalue weighted by molar-refractivity contribution is -0.137. The van der Waals surface area contributed by atoms with Gasteiger partial charge in [-0.1, -0.05) is 32.0 Å². The SMILES string of the molecule is CC.COCCNC(=O)C1=C(C)N(c2cccc(C(F)(F)F)c2)C(=O)CC1c1ccc(C#N)cc1. The number of benzene rings is 2. The zero-order valence-corrected chi connectivity index (χ0v) is 20.1. The Balaban J connectivity index is 0.00000210. The van der Waals surface area contributed by atoms with Crippen molar-refractivity contribution in [1.29, 1.82) is 5.26 Å². The van der Waals surface area contributed by atoms with E-state index in [1.807, 2.05) is 19.9 Å². The molecule has 1 N–H and O–H groups in total. The maximum atomic E-state index is 13.2. The van der Waals surface area contributed by atoms with Crippen LogP contribution in [0.15, 0.2) is 59.8 Å². The average molecular weight is 488 g/mol. The van der Waals surface area contributed by atoms with Crippen LogP contribution in [0.5, 0.6) is 0 Å². The number of anilines is 1. The van der Waals surface area contributed by atoms with Crippen molar-refractivity contribution in [2.45, 2.75) is 39.3 Å². The van der Waals surface area contributed by atoms with E-state index in [4.69, 9.17) is 10.00 Å². The van der Waals surface area contributed by atoms with E-state index in [1.165, 1.54) is 19.2 Å². The van der Waals surface area contributed by atoms with Gasteiger partial charge in [0.25, 0.3) is 0 Å². The van der Waals surface area contributed by atoms with Gasteiger partial charge in [0.05, 0.1) is 23.8 Å². The average Bonchev–Trinajstić information content (AvgIpc) is 2.84. The number of nitrogens with one attached hydrogen (secondary N) is 1. The summed E-state index contributed by atoms with van der Waals surface area (Å²) in [6.07, 6.45) is -4.69. The topological polar surface area (TPSA) is 82.4 Å². The number of rotatable bonds is 6. The first-order valence-electron chi connectivity index (χ1n) is 11.2. The van der Waals surface area contributed by atoms with E-state index in [-0.39, 0.29) is 36.5 Å². The van der Waals surface area contributed by atoms with Crippen LogP contribution in [0.4, 0.5) is 18.9 Å². The molecule has 6 nitrogen and oxygen atoms in total. The van der Waals surface area contributed by atoms with Gasteiger partial charge >= 0.3 is 6.18 Å². The van der Waals surface area contributed by atoms with Crippen molar-refractivity contribution < 1.29 is 27.5 Å². The molecule has 3 rings (SSSR count). The van der Waals surface area contributed by atoms with Gasteiger partial charge in [-0.3, -0.25) is 14.5 Å². The summed E-state index contributed by atoms with van der Waals surface area (Å²) in [6.45, 7) is 6.04. The normalized spacial score (nSPS) is 15.8. The first-order valence-corrected chi connectivity index (χ1v) is 11.2. The Morgan fingerprint density at radius 3 is 2.43 bits per heavy atom. The third-order valence-electron chi connectivity index (χ3n) is 5.41. The van der Waals surface area contributed by atoms with Gasteiger partial charge in [-0.2, -0.15) is 18.4 Å². The minimum Gasteiger partial charge on any atom is -0.383 e. The Morgan fingerprint density at radius 1 is 1.20 bits per heavy atom. The molecule has 1 heterocycles. The highest BCUT2D eigenvalue weighted by molar-refractivity contribution is 6.06. The monoisotopic (exact) mass is 487 g/mol. The molecule has 2 aromatic rings. The van der Waals surface area contributed by atoms with Crippen molar-refractivity contribution >= 4 is 17.5 Å². The highest BCUT2D eigenvalue weighted by atomic mass is 19.4. The van der Waals surface area contributed by atoms with Gasteiger partial charge in [0.15, 0.2) is 0 Å². The van der Waals surface area contributed by atoms with E-state index in [1.54, 1.807) is 31.2 Å². The second kappa shape index (κ2) is 12.2. The molecule has 0 aromatic heterocycles. The van der Waals surface area contributed by atoms with Crippen molar-refractivity contribution in [2.75, 3.05) is 25.2 Å². The molecule has 0 saturated heterocycles. The Morgan fingerprint density at radius 2 is 1.86 bits per heavy atom. The van der Waals surface area contributed by atoms with Crippen molar-refractivity contribution in [3.05, 3.63) is 76.5 Å². The number of carbonyl (C=O) groups is 2. The van der Waals surface area contributed by atoms with Crippen molar-refractivity contribution in [3.63, 3.8) is 0 Å². The van der Waals surface area contributed by atoms with E-state index < -0.39 is 29.5 Å². The lowest BCUT2D eigenvalue weighted by atomic mass is 9.82. The van der Waals surface area contributed by atoms with Crippen LogP contribution in [0.3, 0.4) is 0 Å². The first kappa shape index (κ1) is 27.6. The van der Waals surface area contributed by atoms with Crippen LogP contribution in [-0.4, -0.2) is 32.1 Å². The van der Waals surface area contributed by atoms with Crippen LogP contribution in [0, 0.1) is 11.3 Å². The van der Waals surface area contributed by atoms with Crippen LogP contribution in [0.2, 0.25) is 0 Å². The molecule has 2 amide bonds. The molecule has 1 unspecified atom stereocenters. The number of carbonyl (C=O) groups excluding carboxylic acids is 2. The summed E-state index contributed by atoms with van der Waals surface area (Å²) in [4.78, 5) is 27.4. The van der Waals surface area contributed by atoms with E-state index in [0.29, 0.717) is 11.1 Å². The summed E-state index contributed by atoms with van der Waals surface area (Å²) in [6, 6.07) is 13.0. The molecule has 35 heavy (non-hydrogen) atoms. The third-order valence-corrected chi connectivity index (χ3v) is 5.41. The molecular formula is C26H28F3N3O3. The Hall–Kier alpha value is -3.64. The minimum atomic E-state index is -4.57. The van der Waals surface area contributed by atoms with Gasteiger partial charge < -0.3 is 10.1 Å². The largest absolute Gasteiger partial charge is 0.416 e. The van der Waals surface area contributed by atoms with Crippen molar-refractivity contribution in [2.24, 2.45) is 0 Å². The quantitative estimate of drug-likeness (QED) is 0.571. The second-order valence-corrected chi connectivity index (χ2v) is 7.52. The highest BCUT2D eigenvalue weighted by Gasteiger charge is 2.38. The molecule has 0 bridgehead atoms. The van der Waals surface area contributed by atoms with Gasteiger partial charge in [-0.15, -0.1) is 0 Å². The Kier molecular flexibility index (Phi) is 9.60. The molecule has 1 aliphatic heterocycles. The molecule has 1 aliphatic rings. The van der Waals surface area contributed by atoms with Gasteiger partial charge in [0, 0.05) is 43.0 Å². The van der Waals surface area contributed by atoms with Gasteiger partial charge in [-0.05, 0) is 42.8 Å². The van der Waals surface area contributed by atoms with Crippen molar-refractivity contribution in [1.82, 2.24) is 5.32 Å². The first-order chi connectivity index (χ1) is 16.7. The number of nitriles is 1. The van der Waals surface area contributed by atoms with Gasteiger partial charge in [-0.25, -0.2) is 0 Å². The lowest BCUT2D eigenvalue weighted by Crippen LogP contribution is -2.41. The second-order valence-electron chi connectivity index (χ2n) is 7.52. The van der Waals surface area contributed by atoms with E-state index >= 15 is 0 Å². The van der Waals surface area contributed by atoms with Gasteiger partial charge in [0.2, 0.25) is 11.8 Å². The smallest absolute Gasteiger partial charge is 0.383 e. The number of halogens is 3. The molecule has 186 valence electrons. The van der Waals surface area contributed by atoms with Crippen molar-refractivity contribution in [3.8, 4) is 6.07 Å². The summed E-state index contributed by atoms with van der Waals surface area (Å²) in [5.41, 5.74) is 0.747. The summed E-state index contributed by atoms with van der Waals surface area (Å²) < 4.78 is 44.7. The number of amides is 2. The number of hydrogen-bond donors (Lipinski definition) is 1. The standard InChI is InChI=1S/C24H22F3N3O3.C2H6/c1-15-22(23(32)29-10-11-33-2)20(17-8-6-16(14-28)7-9-17)13-21(31)30(15)19-5-3-4-18(12-19)24(25,26)27;1-2/h3-9,12,20H,10-11,13H2,1-2H3,(H,29,32);1-2H3. The fourth-order valence-electron chi connectivity index (χ4n) is 3.85. The van der Waals surface area contributed by atoms with Crippen LogP contribution in [-0.2, 0) is 20.5 Å². The maximum absolute atomic E-state index is 13.2. The third kappa shape index (κ3) is 6.49. The molecule has 0 spiro atoms. The fraction of sp³-hybridized carbons (Fsp3) is 0.346. The highest BCUT2D eigenvalue weighted by Crippen LogP contribution is 2.40. The van der Waals surface area contributed by atoms with Gasteiger partial charge in [0.1, 0.15) is 0 Å². The number of alkyl halides is 3. The number of allylic oxidation sites excluding steroid dienone is 1. The lowest BCUT2D eigenvalue weighted by Gasteiger charge is -2.35. The molecule has 1 atom stereocenters. The molecule has 0 fully saturated rings. The number of hydrogen-bond acceptors (Lipinski definition) is 4. The summed E-state index contributed by atoms with van der Waals surface area (Å²) in [7, 11) is 1.49. The summed E-state index contributed by atoms with van der Waals surface area (Å²) in [5, 5.41) is 11.8. The van der Waals surface area contributed by atoms with Crippen LogP contribution < -0.4 is 10.2 Å². The summed E-state index contributed by atoms with van der Waals surface area (Å²) >= 11 is 0. The molecule has 9 heteroatoms. The number of nitrogens with zero attached hydrogens (tertiary/aromatic N) is 2. The molecule has 0 saturated carbocycles. The minimum absolute atomic E-state index is 0.0350. The fourth-order valence-corrected chi connectivity index (χ4v) is 3.85. The predicted molar refractivity (Wildman–Crippen MR) is 126 cm³/mol. The number of ether oxygens (including phenoxy) is 1. The molecule has 0 radical (unpaired) electrons. The van der Waals surface area contributed by atoms with E-state index in [9.17, 15) is 22.8 Å². The van der Waals surface area contributed by atoms with Crippen LogP contribution >= 0.6 is 0 Å². The summed E-state index contributed by atoms with van der Waals surface area (Å²) in [5.74, 6) is -1.49. The Labute approximate surface area is 203 Å². The number of methoxy groups -OCH3 is 1. The zero-order chi connectivity index (χ0) is 26.2.